The fraction of sp³-hybridized carbons (Fsp3) is 0.500. The van der Waals surface area contributed by atoms with Crippen molar-refractivity contribution in [1.82, 2.24) is 9.80 Å². The summed E-state index contributed by atoms with van der Waals surface area (Å²) in [6.07, 6.45) is 4.74. The molecule has 0 fully saturated rings. The van der Waals surface area contributed by atoms with Crippen LogP contribution in [0.1, 0.15) is 50.8 Å². The molecule has 2 unspecified atom stereocenters. The Morgan fingerprint density at radius 1 is 1.28 bits per heavy atom. The lowest BCUT2D eigenvalue weighted by Crippen LogP contribution is -2.38. The molecule has 2 N–H and O–H groups in total. The first-order valence-corrected chi connectivity index (χ1v) is 8.86. The Bertz CT molecular complexity index is 654. The summed E-state index contributed by atoms with van der Waals surface area (Å²) in [6, 6.07) is 7.73. The molecule has 2 atom stereocenters. The van der Waals surface area contributed by atoms with E-state index in [1.54, 1.807) is 23.0 Å². The average Bonchev–Trinajstić information content (AvgIpc) is 2.58. The highest BCUT2D eigenvalue weighted by atomic mass is 16.2. The zero-order chi connectivity index (χ0) is 18.6. The summed E-state index contributed by atoms with van der Waals surface area (Å²) in [5.41, 5.74) is 8.15. The van der Waals surface area contributed by atoms with Gasteiger partial charge in [0.15, 0.2) is 0 Å². The summed E-state index contributed by atoms with van der Waals surface area (Å²) in [5, 5.41) is 0. The molecule has 0 bridgehead atoms. The van der Waals surface area contributed by atoms with Crippen LogP contribution >= 0.6 is 0 Å². The number of hydrogen-bond acceptors (Lipinski definition) is 3. The van der Waals surface area contributed by atoms with Crippen LogP contribution in [0.5, 0.6) is 0 Å². The summed E-state index contributed by atoms with van der Waals surface area (Å²) in [4.78, 5) is 28.1. The molecule has 1 aromatic carbocycles. The maximum absolute atomic E-state index is 12.7. The summed E-state index contributed by atoms with van der Waals surface area (Å²) in [6.45, 7) is 6.33. The second-order valence-electron chi connectivity index (χ2n) is 7.10. The van der Waals surface area contributed by atoms with E-state index in [0.29, 0.717) is 12.5 Å². The number of benzene rings is 1. The monoisotopic (exact) mass is 343 g/mol. The number of nitrogens with two attached hydrogens (primary N) is 1. The Hall–Kier alpha value is -2.14. The summed E-state index contributed by atoms with van der Waals surface area (Å²) in [5.74, 6) is 0.359. The third-order valence-electron chi connectivity index (χ3n) is 4.92. The second kappa shape index (κ2) is 8.30. The molecule has 0 spiro atoms. The zero-order valence-corrected chi connectivity index (χ0v) is 15.6. The minimum Gasteiger partial charge on any atom is -0.346 e. The Kier molecular flexibility index (Phi) is 6.37. The molecule has 1 aliphatic rings. The topological polar surface area (TPSA) is 66.6 Å². The minimum absolute atomic E-state index is 0.0253. The number of amides is 2. The van der Waals surface area contributed by atoms with E-state index in [-0.39, 0.29) is 30.3 Å². The maximum atomic E-state index is 12.7. The van der Waals surface area contributed by atoms with Crippen molar-refractivity contribution >= 4 is 17.9 Å². The molecular weight excluding hydrogens is 314 g/mol. The van der Waals surface area contributed by atoms with Crippen LogP contribution in [0.3, 0.4) is 0 Å². The van der Waals surface area contributed by atoms with Gasteiger partial charge in [-0.15, -0.1) is 0 Å². The van der Waals surface area contributed by atoms with Gasteiger partial charge >= 0.3 is 0 Å². The van der Waals surface area contributed by atoms with Crippen molar-refractivity contribution < 1.29 is 9.59 Å². The third-order valence-corrected chi connectivity index (χ3v) is 4.92. The van der Waals surface area contributed by atoms with Gasteiger partial charge in [-0.3, -0.25) is 9.59 Å². The van der Waals surface area contributed by atoms with Crippen LogP contribution in [-0.4, -0.2) is 41.2 Å². The summed E-state index contributed by atoms with van der Waals surface area (Å²) < 4.78 is 0. The highest BCUT2D eigenvalue weighted by Crippen LogP contribution is 2.33. The molecule has 0 saturated heterocycles. The highest BCUT2D eigenvalue weighted by molar-refractivity contribution is 5.81. The smallest absolute Gasteiger partial charge is 0.224 e. The molecule has 25 heavy (non-hydrogen) atoms. The molecule has 0 saturated carbocycles. The van der Waals surface area contributed by atoms with E-state index in [4.69, 9.17) is 5.73 Å². The van der Waals surface area contributed by atoms with E-state index in [9.17, 15) is 9.59 Å². The molecule has 0 aliphatic carbocycles. The first kappa shape index (κ1) is 19.2. The van der Waals surface area contributed by atoms with Crippen molar-refractivity contribution in [1.29, 1.82) is 0 Å². The van der Waals surface area contributed by atoms with Gasteiger partial charge < -0.3 is 15.5 Å². The van der Waals surface area contributed by atoms with Crippen LogP contribution in [0.15, 0.2) is 30.5 Å². The maximum Gasteiger partial charge on any atom is 0.224 e. The van der Waals surface area contributed by atoms with Crippen molar-refractivity contribution in [2.75, 3.05) is 13.6 Å². The summed E-state index contributed by atoms with van der Waals surface area (Å²) in [7, 11) is 1.80. The standard InChI is InChI=1S/C20H29N3O2/c1-14(2)18(21)10-11-22(4)20(25)13-19-17-8-6-5-7-16(17)9-12-23(19)15(3)24/h5-9,12,14,18-19H,10-11,13,21H2,1-4H3. The van der Waals surface area contributed by atoms with E-state index >= 15 is 0 Å². The van der Waals surface area contributed by atoms with Gasteiger partial charge in [0.25, 0.3) is 0 Å². The van der Waals surface area contributed by atoms with Crippen LogP contribution < -0.4 is 5.73 Å². The van der Waals surface area contributed by atoms with Gasteiger partial charge in [-0.1, -0.05) is 38.1 Å². The van der Waals surface area contributed by atoms with Gasteiger partial charge in [0, 0.05) is 32.8 Å². The molecule has 0 aromatic heterocycles. The van der Waals surface area contributed by atoms with Crippen LogP contribution in [0.25, 0.3) is 6.08 Å². The van der Waals surface area contributed by atoms with Crippen LogP contribution in [0.4, 0.5) is 0 Å². The molecule has 5 heteroatoms. The zero-order valence-electron chi connectivity index (χ0n) is 15.6. The van der Waals surface area contributed by atoms with Crippen LogP contribution in [0, 0.1) is 5.92 Å². The Morgan fingerprint density at radius 2 is 1.96 bits per heavy atom. The Labute approximate surface area is 150 Å². The number of nitrogens with zero attached hydrogens (tertiary/aromatic N) is 2. The van der Waals surface area contributed by atoms with Crippen molar-refractivity contribution in [3.05, 3.63) is 41.6 Å². The molecule has 2 rings (SSSR count). The van der Waals surface area contributed by atoms with Gasteiger partial charge in [0.2, 0.25) is 11.8 Å². The van der Waals surface area contributed by atoms with Crippen LogP contribution in [0.2, 0.25) is 0 Å². The predicted octanol–water partition coefficient (Wildman–Crippen LogP) is 2.78. The lowest BCUT2D eigenvalue weighted by molar-refractivity contribution is -0.133. The number of carbonyl (C=O) groups excluding carboxylic acids is 2. The van der Waals surface area contributed by atoms with E-state index in [1.165, 1.54) is 6.92 Å². The van der Waals surface area contributed by atoms with Crippen molar-refractivity contribution in [3.63, 3.8) is 0 Å². The quantitative estimate of drug-likeness (QED) is 0.864. The molecule has 1 aromatic rings. The lowest BCUT2D eigenvalue weighted by Gasteiger charge is -2.33. The third kappa shape index (κ3) is 4.69. The Morgan fingerprint density at radius 3 is 2.60 bits per heavy atom. The first-order chi connectivity index (χ1) is 11.8. The largest absolute Gasteiger partial charge is 0.346 e. The van der Waals surface area contributed by atoms with E-state index in [1.807, 2.05) is 30.3 Å². The SMILES string of the molecule is CC(=O)N1C=Cc2ccccc2C1CC(=O)N(C)CCC(N)C(C)C. The van der Waals surface area contributed by atoms with Gasteiger partial charge in [-0.25, -0.2) is 0 Å². The van der Waals surface area contributed by atoms with Gasteiger partial charge in [-0.05, 0) is 29.5 Å². The fourth-order valence-electron chi connectivity index (χ4n) is 3.04. The number of rotatable bonds is 6. The summed E-state index contributed by atoms with van der Waals surface area (Å²) >= 11 is 0. The van der Waals surface area contributed by atoms with E-state index in [0.717, 1.165) is 17.5 Å². The van der Waals surface area contributed by atoms with Crippen molar-refractivity contribution in [3.8, 4) is 0 Å². The molecule has 2 amide bonds. The first-order valence-electron chi connectivity index (χ1n) is 8.86. The number of hydrogen-bond donors (Lipinski definition) is 1. The van der Waals surface area contributed by atoms with E-state index < -0.39 is 0 Å². The molecule has 1 heterocycles. The Balaban J connectivity index is 2.09. The predicted molar refractivity (Wildman–Crippen MR) is 100 cm³/mol. The van der Waals surface area contributed by atoms with Gasteiger partial charge in [0.1, 0.15) is 0 Å². The average molecular weight is 343 g/mol. The molecule has 5 nitrogen and oxygen atoms in total. The normalized spacial score (nSPS) is 17.4. The minimum atomic E-state index is -0.257. The number of fused-ring (bicyclic) bond motifs is 1. The molecular formula is C20H29N3O2. The van der Waals surface area contributed by atoms with Crippen LogP contribution in [-0.2, 0) is 9.59 Å². The fourth-order valence-corrected chi connectivity index (χ4v) is 3.04. The lowest BCUT2D eigenvalue weighted by atomic mass is 9.93. The van der Waals surface area contributed by atoms with Crippen molar-refractivity contribution in [2.45, 2.75) is 45.7 Å². The molecule has 1 aliphatic heterocycles. The van der Waals surface area contributed by atoms with E-state index in [2.05, 4.69) is 13.8 Å². The molecule has 136 valence electrons. The second-order valence-corrected chi connectivity index (χ2v) is 7.10. The van der Waals surface area contributed by atoms with Gasteiger partial charge in [-0.2, -0.15) is 0 Å². The number of carbonyl (C=O) groups is 2. The van der Waals surface area contributed by atoms with Gasteiger partial charge in [0.05, 0.1) is 12.5 Å². The molecule has 0 radical (unpaired) electrons. The highest BCUT2D eigenvalue weighted by Gasteiger charge is 2.29. The van der Waals surface area contributed by atoms with Crippen molar-refractivity contribution in [2.24, 2.45) is 11.7 Å².